The number of aromatic nitrogens is 1. The molecular formula is C13H22ClN3O2. The van der Waals surface area contributed by atoms with Gasteiger partial charge in [0.15, 0.2) is 5.69 Å². The Labute approximate surface area is 119 Å². The second kappa shape index (κ2) is 6.39. The van der Waals surface area contributed by atoms with Crippen molar-refractivity contribution in [2.75, 3.05) is 13.1 Å². The highest BCUT2D eigenvalue weighted by Gasteiger charge is 2.32. The van der Waals surface area contributed by atoms with Gasteiger partial charge in [-0.15, -0.1) is 12.4 Å². The number of hydrogen-bond donors (Lipinski definition) is 2. The first-order chi connectivity index (χ1) is 8.49. The van der Waals surface area contributed by atoms with Crippen LogP contribution in [0.4, 0.5) is 0 Å². The summed E-state index contributed by atoms with van der Waals surface area (Å²) >= 11 is 0. The zero-order valence-electron chi connectivity index (χ0n) is 11.7. The van der Waals surface area contributed by atoms with Gasteiger partial charge in [-0.1, -0.05) is 19.0 Å². The lowest BCUT2D eigenvalue weighted by molar-refractivity contribution is 0.0920. The first-order valence-electron chi connectivity index (χ1n) is 6.44. The van der Waals surface area contributed by atoms with Crippen molar-refractivity contribution in [1.82, 2.24) is 15.8 Å². The Morgan fingerprint density at radius 1 is 1.63 bits per heavy atom. The molecule has 0 bridgehead atoms. The van der Waals surface area contributed by atoms with Gasteiger partial charge in [0, 0.05) is 18.7 Å². The van der Waals surface area contributed by atoms with E-state index in [1.807, 2.05) is 0 Å². The van der Waals surface area contributed by atoms with Crippen molar-refractivity contribution in [2.45, 2.75) is 39.7 Å². The number of hydrogen-bond acceptors (Lipinski definition) is 4. The van der Waals surface area contributed by atoms with Crippen LogP contribution in [0.2, 0.25) is 0 Å². The standard InChI is InChI=1S/C13H21N3O2.ClH/c1-9-7-10(16-18-9)12(17)15-8-11-13(2,3)5-4-6-14-11;/h7,11,14H,4-6,8H2,1-3H3,(H,15,17);1H. The summed E-state index contributed by atoms with van der Waals surface area (Å²) in [6, 6.07) is 1.96. The molecule has 1 atom stereocenters. The maximum atomic E-state index is 11.9. The lowest BCUT2D eigenvalue weighted by Gasteiger charge is -2.39. The largest absolute Gasteiger partial charge is 0.361 e. The fourth-order valence-corrected chi connectivity index (χ4v) is 2.38. The number of aryl methyl sites for hydroxylation is 1. The summed E-state index contributed by atoms with van der Waals surface area (Å²) < 4.78 is 4.89. The van der Waals surface area contributed by atoms with Gasteiger partial charge < -0.3 is 15.2 Å². The van der Waals surface area contributed by atoms with Gasteiger partial charge >= 0.3 is 0 Å². The third-order valence-corrected chi connectivity index (χ3v) is 3.66. The molecule has 1 aliphatic heterocycles. The molecule has 2 N–H and O–H groups in total. The van der Waals surface area contributed by atoms with E-state index in [9.17, 15) is 4.79 Å². The lowest BCUT2D eigenvalue weighted by atomic mass is 9.77. The van der Waals surface area contributed by atoms with E-state index in [-0.39, 0.29) is 23.7 Å². The van der Waals surface area contributed by atoms with E-state index in [1.165, 1.54) is 12.8 Å². The molecule has 6 heteroatoms. The lowest BCUT2D eigenvalue weighted by Crippen LogP contribution is -2.52. The second-order valence-electron chi connectivity index (χ2n) is 5.63. The van der Waals surface area contributed by atoms with Gasteiger partial charge in [0.1, 0.15) is 5.76 Å². The molecule has 5 nitrogen and oxygen atoms in total. The number of nitrogens with zero attached hydrogens (tertiary/aromatic N) is 1. The van der Waals surface area contributed by atoms with E-state index in [4.69, 9.17) is 4.52 Å². The molecule has 0 saturated carbocycles. The summed E-state index contributed by atoms with van der Waals surface area (Å²) in [5.41, 5.74) is 0.562. The number of halogens is 1. The molecule has 2 heterocycles. The topological polar surface area (TPSA) is 67.2 Å². The molecule has 0 aromatic carbocycles. The summed E-state index contributed by atoms with van der Waals surface area (Å²) in [7, 11) is 0. The first-order valence-corrected chi connectivity index (χ1v) is 6.44. The third kappa shape index (κ3) is 3.94. The quantitative estimate of drug-likeness (QED) is 0.891. The van der Waals surface area contributed by atoms with E-state index in [0.717, 1.165) is 6.54 Å². The molecule has 1 amide bonds. The van der Waals surface area contributed by atoms with Crippen LogP contribution in [0, 0.1) is 12.3 Å². The van der Waals surface area contributed by atoms with Crippen LogP contribution in [0.3, 0.4) is 0 Å². The van der Waals surface area contributed by atoms with Crippen molar-refractivity contribution < 1.29 is 9.32 Å². The van der Waals surface area contributed by atoms with Crippen LogP contribution >= 0.6 is 12.4 Å². The Kier molecular flexibility index (Phi) is 5.38. The molecule has 1 saturated heterocycles. The van der Waals surface area contributed by atoms with Crippen molar-refractivity contribution in [3.63, 3.8) is 0 Å². The van der Waals surface area contributed by atoms with Crippen molar-refractivity contribution >= 4 is 18.3 Å². The van der Waals surface area contributed by atoms with Gasteiger partial charge in [0.25, 0.3) is 5.91 Å². The van der Waals surface area contributed by atoms with Gasteiger partial charge in [-0.2, -0.15) is 0 Å². The van der Waals surface area contributed by atoms with E-state index in [1.54, 1.807) is 13.0 Å². The summed E-state index contributed by atoms with van der Waals surface area (Å²) in [6.07, 6.45) is 2.38. The van der Waals surface area contributed by atoms with Crippen molar-refractivity contribution in [1.29, 1.82) is 0 Å². The molecule has 19 heavy (non-hydrogen) atoms. The zero-order chi connectivity index (χ0) is 13.2. The average molecular weight is 288 g/mol. The summed E-state index contributed by atoms with van der Waals surface area (Å²) in [5.74, 6) is 0.478. The van der Waals surface area contributed by atoms with Crippen LogP contribution in [0.1, 0.15) is 42.9 Å². The Morgan fingerprint density at radius 2 is 2.37 bits per heavy atom. The van der Waals surface area contributed by atoms with E-state index in [2.05, 4.69) is 29.6 Å². The molecule has 1 aliphatic rings. The monoisotopic (exact) mass is 287 g/mol. The van der Waals surface area contributed by atoms with Crippen LogP contribution in [-0.4, -0.2) is 30.2 Å². The third-order valence-electron chi connectivity index (χ3n) is 3.66. The Bertz CT molecular complexity index is 431. The van der Waals surface area contributed by atoms with Gasteiger partial charge in [0.2, 0.25) is 0 Å². The zero-order valence-corrected chi connectivity index (χ0v) is 12.5. The molecule has 1 aromatic heterocycles. The highest BCUT2D eigenvalue weighted by Crippen LogP contribution is 2.29. The fourth-order valence-electron chi connectivity index (χ4n) is 2.38. The molecule has 0 radical (unpaired) electrons. The first kappa shape index (κ1) is 16.0. The van der Waals surface area contributed by atoms with E-state index in [0.29, 0.717) is 24.0 Å². The van der Waals surface area contributed by atoms with Crippen molar-refractivity contribution in [3.8, 4) is 0 Å². The van der Waals surface area contributed by atoms with Crippen molar-refractivity contribution in [2.24, 2.45) is 5.41 Å². The minimum Gasteiger partial charge on any atom is -0.361 e. The molecule has 1 fully saturated rings. The maximum absolute atomic E-state index is 11.9. The summed E-state index contributed by atoms with van der Waals surface area (Å²) in [5, 5.41) is 10.1. The summed E-state index contributed by atoms with van der Waals surface area (Å²) in [6.45, 7) is 7.88. The van der Waals surface area contributed by atoms with Gasteiger partial charge in [-0.3, -0.25) is 4.79 Å². The van der Waals surface area contributed by atoms with Gasteiger partial charge in [-0.05, 0) is 31.7 Å². The second-order valence-corrected chi connectivity index (χ2v) is 5.63. The molecule has 108 valence electrons. The predicted octanol–water partition coefficient (Wildman–Crippen LogP) is 1.91. The maximum Gasteiger partial charge on any atom is 0.273 e. The van der Waals surface area contributed by atoms with Gasteiger partial charge in [-0.25, -0.2) is 0 Å². The molecule has 1 aromatic rings. The Morgan fingerprint density at radius 3 is 2.95 bits per heavy atom. The minimum absolute atomic E-state index is 0. The fraction of sp³-hybridized carbons (Fsp3) is 0.692. The smallest absolute Gasteiger partial charge is 0.273 e. The van der Waals surface area contributed by atoms with E-state index >= 15 is 0 Å². The Balaban J connectivity index is 0.00000180. The molecule has 1 unspecified atom stereocenters. The molecule has 0 spiro atoms. The number of amides is 1. The minimum atomic E-state index is -0.171. The van der Waals surface area contributed by atoms with E-state index < -0.39 is 0 Å². The number of rotatable bonds is 3. The van der Waals surface area contributed by atoms with Crippen LogP contribution in [0.25, 0.3) is 0 Å². The van der Waals surface area contributed by atoms with Crippen molar-refractivity contribution in [3.05, 3.63) is 17.5 Å². The summed E-state index contributed by atoms with van der Waals surface area (Å²) in [4.78, 5) is 11.9. The number of carbonyl (C=O) groups is 1. The van der Waals surface area contributed by atoms with Gasteiger partial charge in [0.05, 0.1) is 0 Å². The highest BCUT2D eigenvalue weighted by molar-refractivity contribution is 5.92. The number of carbonyl (C=O) groups excluding carboxylic acids is 1. The van der Waals surface area contributed by atoms with Crippen LogP contribution in [-0.2, 0) is 0 Å². The van der Waals surface area contributed by atoms with Crippen LogP contribution in [0.5, 0.6) is 0 Å². The van der Waals surface area contributed by atoms with Crippen LogP contribution < -0.4 is 10.6 Å². The number of nitrogens with one attached hydrogen (secondary N) is 2. The Hall–Kier alpha value is -1.07. The predicted molar refractivity (Wildman–Crippen MR) is 75.6 cm³/mol. The SMILES string of the molecule is Cc1cc(C(=O)NCC2NCCCC2(C)C)no1.Cl. The van der Waals surface area contributed by atoms with Crippen LogP contribution in [0.15, 0.2) is 10.6 Å². The molecule has 2 rings (SSSR count). The normalized spacial score (nSPS) is 21.5. The highest BCUT2D eigenvalue weighted by atomic mass is 35.5. The number of piperidine rings is 1. The average Bonchev–Trinajstić information content (AvgIpc) is 2.73. The molecule has 0 aliphatic carbocycles. The molecular weight excluding hydrogens is 266 g/mol.